The molecule has 84 valence electrons. The monoisotopic (exact) mass is 226 g/mol. The lowest BCUT2D eigenvalue weighted by Crippen LogP contribution is -2.12. The first-order valence-electron chi connectivity index (χ1n) is 5.25. The molecule has 0 unspecified atom stereocenters. The third kappa shape index (κ3) is 1.61. The highest BCUT2D eigenvalue weighted by Crippen LogP contribution is 2.16. The Labute approximate surface area is 96.7 Å². The molecular formula is C12H10N4O. The Hall–Kier alpha value is -2.43. The zero-order valence-corrected chi connectivity index (χ0v) is 9.21. The number of H-pyrrole nitrogens is 1. The van der Waals surface area contributed by atoms with Crippen LogP contribution in [-0.2, 0) is 0 Å². The third-order valence-electron chi connectivity index (χ3n) is 2.62. The van der Waals surface area contributed by atoms with E-state index >= 15 is 0 Å². The Kier molecular flexibility index (Phi) is 2.04. The summed E-state index contributed by atoms with van der Waals surface area (Å²) < 4.78 is 1.26. The second-order valence-electron chi connectivity index (χ2n) is 3.88. The van der Waals surface area contributed by atoms with Gasteiger partial charge in [-0.1, -0.05) is 29.8 Å². The van der Waals surface area contributed by atoms with Crippen LogP contribution >= 0.6 is 0 Å². The minimum Gasteiger partial charge on any atom is -0.244 e. The smallest absolute Gasteiger partial charge is 0.244 e. The number of fused-ring (bicyclic) bond motifs is 1. The van der Waals surface area contributed by atoms with Crippen molar-refractivity contribution >= 4 is 5.65 Å². The van der Waals surface area contributed by atoms with Crippen LogP contribution in [0.5, 0.6) is 0 Å². The van der Waals surface area contributed by atoms with E-state index in [1.165, 1.54) is 10.1 Å². The van der Waals surface area contributed by atoms with Crippen LogP contribution < -0.4 is 5.69 Å². The molecule has 0 radical (unpaired) electrons. The molecule has 0 amide bonds. The summed E-state index contributed by atoms with van der Waals surface area (Å²) in [6.45, 7) is 2.03. The fourth-order valence-corrected chi connectivity index (χ4v) is 1.68. The van der Waals surface area contributed by atoms with Crippen molar-refractivity contribution in [2.75, 3.05) is 0 Å². The van der Waals surface area contributed by atoms with Crippen molar-refractivity contribution < 1.29 is 0 Å². The molecule has 0 saturated heterocycles. The molecule has 2 aromatic heterocycles. The maximum absolute atomic E-state index is 11.4. The van der Waals surface area contributed by atoms with E-state index in [1.54, 1.807) is 6.07 Å². The predicted octanol–water partition coefficient (Wildman–Crippen LogP) is 1.39. The van der Waals surface area contributed by atoms with Gasteiger partial charge in [0.2, 0.25) is 0 Å². The van der Waals surface area contributed by atoms with Gasteiger partial charge in [-0.15, -0.1) is 0 Å². The molecule has 0 bridgehead atoms. The van der Waals surface area contributed by atoms with Gasteiger partial charge < -0.3 is 0 Å². The van der Waals surface area contributed by atoms with Crippen LogP contribution in [0.25, 0.3) is 16.9 Å². The van der Waals surface area contributed by atoms with Crippen LogP contribution in [0.15, 0.2) is 41.2 Å². The van der Waals surface area contributed by atoms with Crippen LogP contribution in [0.1, 0.15) is 5.56 Å². The summed E-state index contributed by atoms with van der Waals surface area (Å²) >= 11 is 0. The number of hydrogen-bond donors (Lipinski definition) is 1. The normalized spacial score (nSPS) is 10.9. The molecule has 0 aliphatic carbocycles. The Morgan fingerprint density at radius 3 is 2.65 bits per heavy atom. The van der Waals surface area contributed by atoms with Gasteiger partial charge in [0, 0.05) is 5.56 Å². The van der Waals surface area contributed by atoms with Crippen molar-refractivity contribution in [3.05, 3.63) is 52.4 Å². The maximum atomic E-state index is 11.4. The fraction of sp³-hybridized carbons (Fsp3) is 0.0833. The van der Waals surface area contributed by atoms with Gasteiger partial charge in [0.05, 0.1) is 5.69 Å². The molecule has 1 aromatic carbocycles. The zero-order valence-electron chi connectivity index (χ0n) is 9.21. The standard InChI is InChI=1S/C12H10N4O/c1-8-2-4-9(5-3-8)10-6-7-11-13-14-12(17)16(11)15-10/h2-7H,1H3,(H,14,17). The number of benzene rings is 1. The minimum absolute atomic E-state index is 0.325. The molecule has 0 spiro atoms. The molecule has 0 fully saturated rings. The Bertz CT molecular complexity index is 724. The fourth-order valence-electron chi connectivity index (χ4n) is 1.68. The lowest BCUT2D eigenvalue weighted by molar-refractivity contribution is 0.884. The lowest BCUT2D eigenvalue weighted by atomic mass is 10.1. The number of rotatable bonds is 1. The van der Waals surface area contributed by atoms with Gasteiger partial charge in [0.25, 0.3) is 0 Å². The number of nitrogens with zero attached hydrogens (tertiary/aromatic N) is 3. The second kappa shape index (κ2) is 3.55. The predicted molar refractivity (Wildman–Crippen MR) is 63.8 cm³/mol. The van der Waals surface area contributed by atoms with Crippen LogP contribution in [0.4, 0.5) is 0 Å². The largest absolute Gasteiger partial charge is 0.364 e. The van der Waals surface area contributed by atoms with E-state index in [1.807, 2.05) is 37.3 Å². The number of aryl methyl sites for hydroxylation is 1. The van der Waals surface area contributed by atoms with E-state index in [-0.39, 0.29) is 5.69 Å². The molecule has 0 aliphatic rings. The van der Waals surface area contributed by atoms with Crippen molar-refractivity contribution in [2.45, 2.75) is 6.92 Å². The molecule has 5 nitrogen and oxygen atoms in total. The third-order valence-corrected chi connectivity index (χ3v) is 2.62. The molecule has 17 heavy (non-hydrogen) atoms. The van der Waals surface area contributed by atoms with Crippen molar-refractivity contribution in [3.63, 3.8) is 0 Å². The van der Waals surface area contributed by atoms with Gasteiger partial charge in [0.1, 0.15) is 0 Å². The summed E-state index contributed by atoms with van der Waals surface area (Å²) in [6, 6.07) is 11.6. The highest BCUT2D eigenvalue weighted by atomic mass is 16.2. The van der Waals surface area contributed by atoms with Gasteiger partial charge in [-0.2, -0.15) is 14.7 Å². The number of nitrogens with one attached hydrogen (secondary N) is 1. The summed E-state index contributed by atoms with van der Waals surface area (Å²) in [5, 5.41) is 10.4. The maximum Gasteiger partial charge on any atom is 0.364 e. The first-order valence-corrected chi connectivity index (χ1v) is 5.25. The highest BCUT2D eigenvalue weighted by Gasteiger charge is 2.04. The van der Waals surface area contributed by atoms with E-state index in [0.29, 0.717) is 5.65 Å². The van der Waals surface area contributed by atoms with Gasteiger partial charge in [0.15, 0.2) is 5.65 Å². The molecule has 0 aliphatic heterocycles. The lowest BCUT2D eigenvalue weighted by Gasteiger charge is -2.01. The molecule has 3 rings (SSSR count). The van der Waals surface area contributed by atoms with Crippen LogP contribution in [0.2, 0.25) is 0 Å². The summed E-state index contributed by atoms with van der Waals surface area (Å²) in [5.74, 6) is 0. The average molecular weight is 226 g/mol. The van der Waals surface area contributed by atoms with Gasteiger partial charge in [-0.05, 0) is 19.1 Å². The van der Waals surface area contributed by atoms with Gasteiger partial charge in [-0.3, -0.25) is 0 Å². The zero-order chi connectivity index (χ0) is 11.8. The van der Waals surface area contributed by atoms with Gasteiger partial charge >= 0.3 is 5.69 Å². The summed E-state index contributed by atoms with van der Waals surface area (Å²) in [5.41, 5.74) is 3.11. The van der Waals surface area contributed by atoms with Gasteiger partial charge in [-0.25, -0.2) is 9.89 Å². The van der Waals surface area contributed by atoms with Crippen LogP contribution in [0.3, 0.4) is 0 Å². The van der Waals surface area contributed by atoms with E-state index in [0.717, 1.165) is 11.3 Å². The van der Waals surface area contributed by atoms with Crippen molar-refractivity contribution in [3.8, 4) is 11.3 Å². The minimum atomic E-state index is -0.325. The van der Waals surface area contributed by atoms with Crippen molar-refractivity contribution in [1.82, 2.24) is 19.8 Å². The molecular weight excluding hydrogens is 216 g/mol. The van der Waals surface area contributed by atoms with E-state index in [4.69, 9.17) is 0 Å². The van der Waals surface area contributed by atoms with E-state index in [2.05, 4.69) is 15.3 Å². The second-order valence-corrected chi connectivity index (χ2v) is 3.88. The van der Waals surface area contributed by atoms with E-state index in [9.17, 15) is 4.79 Å². The summed E-state index contributed by atoms with van der Waals surface area (Å²) in [6.07, 6.45) is 0. The van der Waals surface area contributed by atoms with Crippen molar-refractivity contribution in [2.24, 2.45) is 0 Å². The Morgan fingerprint density at radius 1 is 1.12 bits per heavy atom. The summed E-state index contributed by atoms with van der Waals surface area (Å²) in [7, 11) is 0. The quantitative estimate of drug-likeness (QED) is 0.682. The van der Waals surface area contributed by atoms with E-state index < -0.39 is 0 Å². The molecule has 5 heteroatoms. The molecule has 0 saturated carbocycles. The first-order chi connectivity index (χ1) is 8.24. The molecule has 0 atom stereocenters. The summed E-state index contributed by atoms with van der Waals surface area (Å²) in [4.78, 5) is 11.4. The number of hydrogen-bond acceptors (Lipinski definition) is 3. The van der Waals surface area contributed by atoms with Crippen LogP contribution in [-0.4, -0.2) is 19.8 Å². The first kappa shape index (κ1) is 9.77. The number of aromatic nitrogens is 4. The molecule has 3 aromatic rings. The number of aromatic amines is 1. The SMILES string of the molecule is Cc1ccc(-c2ccc3n[nH]c(=O)n3n2)cc1. The Balaban J connectivity index is 2.20. The van der Waals surface area contributed by atoms with Crippen molar-refractivity contribution in [1.29, 1.82) is 0 Å². The molecule has 2 heterocycles. The average Bonchev–Trinajstić information content (AvgIpc) is 2.72. The topological polar surface area (TPSA) is 63.0 Å². The Morgan fingerprint density at radius 2 is 1.88 bits per heavy atom. The van der Waals surface area contributed by atoms with Crippen LogP contribution in [0, 0.1) is 6.92 Å². The molecule has 1 N–H and O–H groups in total. The highest BCUT2D eigenvalue weighted by molar-refractivity contribution is 5.60.